The van der Waals surface area contributed by atoms with Crippen LogP contribution in [0.15, 0.2) is 25.3 Å². The second-order valence-electron chi connectivity index (χ2n) is 1.84. The van der Waals surface area contributed by atoms with Crippen LogP contribution in [0.4, 0.5) is 0 Å². The van der Waals surface area contributed by atoms with Gasteiger partial charge in [-0.15, -0.1) is 13.2 Å². The first-order valence-corrected chi connectivity index (χ1v) is 3.55. The van der Waals surface area contributed by atoms with Gasteiger partial charge in [0, 0.05) is 0 Å². The summed E-state index contributed by atoms with van der Waals surface area (Å²) in [6, 6.07) is 0. The van der Waals surface area contributed by atoms with Crippen molar-refractivity contribution in [3.8, 4) is 0 Å². The van der Waals surface area contributed by atoms with Gasteiger partial charge < -0.3 is 4.43 Å². The molecule has 0 amide bonds. The van der Waals surface area contributed by atoms with Crippen LogP contribution in [-0.2, 0) is 4.43 Å². The second kappa shape index (κ2) is 5.79. The molecular formula is C7H13OSi. The molecule has 1 nitrogen and oxygen atoms in total. The molecule has 0 fully saturated rings. The molecule has 51 valence electrons. The van der Waals surface area contributed by atoms with Gasteiger partial charge in [0.1, 0.15) is 0 Å². The number of rotatable bonds is 5. The van der Waals surface area contributed by atoms with Crippen molar-refractivity contribution in [3.63, 3.8) is 0 Å². The maximum absolute atomic E-state index is 5.12. The molecule has 2 heteroatoms. The summed E-state index contributed by atoms with van der Waals surface area (Å²) in [5.74, 6) is 0. The summed E-state index contributed by atoms with van der Waals surface area (Å²) in [5, 5.41) is 0. The highest BCUT2D eigenvalue weighted by Gasteiger charge is 1.98. The first kappa shape index (κ1) is 8.66. The third-order valence-electron chi connectivity index (χ3n) is 1.09. The topological polar surface area (TPSA) is 9.23 Å². The Morgan fingerprint density at radius 3 is 2.00 bits per heavy atom. The molecule has 9 heavy (non-hydrogen) atoms. The van der Waals surface area contributed by atoms with Gasteiger partial charge in [0.15, 0.2) is 10.5 Å². The third-order valence-corrected chi connectivity index (χ3v) is 1.57. The van der Waals surface area contributed by atoms with Crippen LogP contribution in [-0.4, -0.2) is 16.6 Å². The molecule has 0 N–H and O–H groups in total. The fourth-order valence-corrected chi connectivity index (χ4v) is 0.876. The van der Waals surface area contributed by atoms with Crippen LogP contribution in [0.2, 0.25) is 0 Å². The van der Waals surface area contributed by atoms with E-state index in [1.807, 2.05) is 12.2 Å². The quantitative estimate of drug-likeness (QED) is 0.411. The van der Waals surface area contributed by atoms with Crippen LogP contribution in [0.3, 0.4) is 0 Å². The van der Waals surface area contributed by atoms with Crippen LogP contribution in [0.25, 0.3) is 0 Å². The van der Waals surface area contributed by atoms with Crippen molar-refractivity contribution in [1.82, 2.24) is 0 Å². The molecule has 0 atom stereocenters. The highest BCUT2D eigenvalue weighted by atomic mass is 28.2. The zero-order valence-electron chi connectivity index (χ0n) is 5.68. The Kier molecular flexibility index (Phi) is 5.57. The Labute approximate surface area is 60.0 Å². The average Bonchev–Trinajstić information content (AvgIpc) is 1.88. The van der Waals surface area contributed by atoms with Crippen LogP contribution in [0.5, 0.6) is 0 Å². The van der Waals surface area contributed by atoms with E-state index in [0.717, 1.165) is 12.8 Å². The van der Waals surface area contributed by atoms with Gasteiger partial charge in [-0.2, -0.15) is 0 Å². The van der Waals surface area contributed by atoms with Crippen molar-refractivity contribution >= 4 is 10.5 Å². The molecule has 1 radical (unpaired) electrons. The summed E-state index contributed by atoms with van der Waals surface area (Å²) >= 11 is 0. The van der Waals surface area contributed by atoms with Crippen molar-refractivity contribution in [2.24, 2.45) is 0 Å². The van der Waals surface area contributed by atoms with Crippen LogP contribution in [0.1, 0.15) is 12.8 Å². The van der Waals surface area contributed by atoms with E-state index < -0.39 is 0 Å². The molecule has 0 aliphatic rings. The van der Waals surface area contributed by atoms with Crippen molar-refractivity contribution in [1.29, 1.82) is 0 Å². The molecule has 0 heterocycles. The van der Waals surface area contributed by atoms with Crippen LogP contribution >= 0.6 is 0 Å². The zero-order chi connectivity index (χ0) is 7.11. The van der Waals surface area contributed by atoms with E-state index in [9.17, 15) is 0 Å². The van der Waals surface area contributed by atoms with Gasteiger partial charge in [-0.1, -0.05) is 12.2 Å². The zero-order valence-corrected chi connectivity index (χ0v) is 7.09. The van der Waals surface area contributed by atoms with Gasteiger partial charge in [0.2, 0.25) is 0 Å². The van der Waals surface area contributed by atoms with Gasteiger partial charge in [-0.25, -0.2) is 0 Å². The minimum atomic E-state index is 0.290. The lowest BCUT2D eigenvalue weighted by molar-refractivity contribution is 0.229. The molecule has 0 aromatic carbocycles. The van der Waals surface area contributed by atoms with E-state index in [4.69, 9.17) is 4.43 Å². The molecule has 0 aromatic heterocycles. The molecule has 0 saturated carbocycles. The Morgan fingerprint density at radius 2 is 1.78 bits per heavy atom. The lowest BCUT2D eigenvalue weighted by Gasteiger charge is -2.09. The second-order valence-corrected chi connectivity index (χ2v) is 2.17. The third kappa shape index (κ3) is 4.18. The molecule has 0 bridgehead atoms. The fourth-order valence-electron chi connectivity index (χ4n) is 0.604. The maximum atomic E-state index is 5.12. The average molecular weight is 141 g/mol. The van der Waals surface area contributed by atoms with Crippen molar-refractivity contribution in [2.45, 2.75) is 18.9 Å². The van der Waals surface area contributed by atoms with Crippen LogP contribution < -0.4 is 0 Å². The van der Waals surface area contributed by atoms with E-state index in [0.29, 0.717) is 6.10 Å². The van der Waals surface area contributed by atoms with Crippen LogP contribution in [0, 0.1) is 0 Å². The predicted octanol–water partition coefficient (Wildman–Crippen LogP) is 1.07. The molecule has 0 spiro atoms. The summed E-state index contributed by atoms with van der Waals surface area (Å²) < 4.78 is 5.12. The summed E-state index contributed by atoms with van der Waals surface area (Å²) in [4.78, 5) is 0. The predicted molar refractivity (Wildman–Crippen MR) is 43.0 cm³/mol. The van der Waals surface area contributed by atoms with Crippen molar-refractivity contribution in [3.05, 3.63) is 25.3 Å². The van der Waals surface area contributed by atoms with Crippen molar-refractivity contribution < 1.29 is 4.43 Å². The number of hydrogen-bond donors (Lipinski definition) is 0. The van der Waals surface area contributed by atoms with Gasteiger partial charge in [0.25, 0.3) is 0 Å². The monoisotopic (exact) mass is 141 g/mol. The van der Waals surface area contributed by atoms with Gasteiger partial charge in [-0.3, -0.25) is 0 Å². The van der Waals surface area contributed by atoms with E-state index in [1.54, 1.807) is 0 Å². The largest absolute Gasteiger partial charge is 0.422 e. The minimum Gasteiger partial charge on any atom is -0.422 e. The number of hydrogen-bond acceptors (Lipinski definition) is 1. The molecule has 0 unspecified atom stereocenters. The summed E-state index contributed by atoms with van der Waals surface area (Å²) in [6.07, 6.45) is 5.84. The highest BCUT2D eigenvalue weighted by molar-refractivity contribution is 5.98. The Hall–Kier alpha value is -0.343. The Balaban J connectivity index is 3.39. The van der Waals surface area contributed by atoms with E-state index in [1.165, 1.54) is 10.5 Å². The molecular weight excluding hydrogens is 128 g/mol. The smallest absolute Gasteiger partial charge is 0.175 e. The first-order chi connectivity index (χ1) is 4.35. The first-order valence-electron chi connectivity index (χ1n) is 2.97. The standard InChI is InChI=1S/C7H13OSi/c1-3-5-7(8-9)6-4-2/h3-4,7H,1-2,5-6,9H2. The summed E-state index contributed by atoms with van der Waals surface area (Å²) in [6.45, 7) is 7.24. The normalized spacial score (nSPS) is 9.56. The molecule has 0 aliphatic heterocycles. The van der Waals surface area contributed by atoms with Crippen molar-refractivity contribution in [2.75, 3.05) is 0 Å². The minimum absolute atomic E-state index is 0.290. The summed E-state index contributed by atoms with van der Waals surface area (Å²) in [7, 11) is 1.53. The molecule has 0 aromatic rings. The maximum Gasteiger partial charge on any atom is 0.175 e. The molecule has 0 aliphatic carbocycles. The lowest BCUT2D eigenvalue weighted by Crippen LogP contribution is -2.07. The SMILES string of the molecule is C=CCC(CC=C)O[SiH2]. The Bertz CT molecular complexity index is 80.9. The Morgan fingerprint density at radius 1 is 1.33 bits per heavy atom. The van der Waals surface area contributed by atoms with Gasteiger partial charge in [0.05, 0.1) is 6.10 Å². The lowest BCUT2D eigenvalue weighted by atomic mass is 10.2. The molecule has 0 saturated heterocycles. The fraction of sp³-hybridized carbons (Fsp3) is 0.429. The highest BCUT2D eigenvalue weighted by Crippen LogP contribution is 2.02. The van der Waals surface area contributed by atoms with E-state index in [-0.39, 0.29) is 0 Å². The summed E-state index contributed by atoms with van der Waals surface area (Å²) in [5.41, 5.74) is 0. The van der Waals surface area contributed by atoms with E-state index >= 15 is 0 Å². The van der Waals surface area contributed by atoms with Gasteiger partial charge in [-0.05, 0) is 12.8 Å². The van der Waals surface area contributed by atoms with Gasteiger partial charge >= 0.3 is 0 Å². The molecule has 0 rings (SSSR count). The van der Waals surface area contributed by atoms with E-state index in [2.05, 4.69) is 13.2 Å².